The Balaban J connectivity index is 2.12. The number of piperidine rings is 1. The van der Waals surface area contributed by atoms with E-state index in [2.05, 4.69) is 5.32 Å². The van der Waals surface area contributed by atoms with Crippen LogP contribution in [0.3, 0.4) is 0 Å². The second-order valence-corrected chi connectivity index (χ2v) is 7.47. The maximum atomic E-state index is 12.3. The van der Waals surface area contributed by atoms with Crippen LogP contribution in [0, 0.1) is 5.92 Å². The minimum Gasteiger partial charge on any atom is -0.319 e. The van der Waals surface area contributed by atoms with Crippen LogP contribution in [-0.2, 0) is 10.0 Å². The molecular weight excluding hydrogens is 256 g/mol. The first-order valence-corrected chi connectivity index (χ1v) is 8.15. The molecule has 0 aliphatic carbocycles. The summed E-state index contributed by atoms with van der Waals surface area (Å²) in [7, 11) is -1.34. The van der Waals surface area contributed by atoms with Crippen molar-refractivity contribution >= 4 is 21.4 Å². The summed E-state index contributed by atoms with van der Waals surface area (Å²) in [5, 5.41) is 4.93. The van der Waals surface area contributed by atoms with Crippen molar-refractivity contribution in [1.29, 1.82) is 0 Å². The van der Waals surface area contributed by atoms with E-state index in [1.807, 2.05) is 12.4 Å². The summed E-state index contributed by atoms with van der Waals surface area (Å²) in [6, 6.07) is 3.47. The van der Waals surface area contributed by atoms with E-state index in [0.717, 1.165) is 19.4 Å². The zero-order valence-electron chi connectivity index (χ0n) is 9.93. The van der Waals surface area contributed by atoms with Crippen molar-refractivity contribution in [1.82, 2.24) is 9.62 Å². The molecule has 0 spiro atoms. The Morgan fingerprint density at radius 1 is 1.59 bits per heavy atom. The van der Waals surface area contributed by atoms with Gasteiger partial charge in [0.05, 0.1) is 0 Å². The van der Waals surface area contributed by atoms with Gasteiger partial charge in [0.15, 0.2) is 0 Å². The Kier molecular flexibility index (Phi) is 4.19. The predicted molar refractivity (Wildman–Crippen MR) is 69.7 cm³/mol. The van der Waals surface area contributed by atoms with E-state index in [-0.39, 0.29) is 0 Å². The van der Waals surface area contributed by atoms with Crippen molar-refractivity contribution in [2.24, 2.45) is 5.92 Å². The summed E-state index contributed by atoms with van der Waals surface area (Å²) in [5.74, 6) is 0.434. The van der Waals surface area contributed by atoms with Crippen LogP contribution in [0.4, 0.5) is 0 Å². The molecule has 96 valence electrons. The van der Waals surface area contributed by atoms with Crippen molar-refractivity contribution in [2.75, 3.05) is 26.7 Å². The highest BCUT2D eigenvalue weighted by atomic mass is 32.2. The third-order valence-electron chi connectivity index (χ3n) is 3.06. The van der Waals surface area contributed by atoms with Crippen LogP contribution < -0.4 is 5.32 Å². The molecule has 0 saturated carbocycles. The Hall–Kier alpha value is -0.430. The van der Waals surface area contributed by atoms with Gasteiger partial charge in [-0.25, -0.2) is 8.42 Å². The number of nitrogens with zero attached hydrogens (tertiary/aromatic N) is 1. The van der Waals surface area contributed by atoms with Crippen molar-refractivity contribution < 1.29 is 8.42 Å². The van der Waals surface area contributed by atoms with Crippen LogP contribution in [0.1, 0.15) is 12.8 Å². The van der Waals surface area contributed by atoms with E-state index >= 15 is 0 Å². The van der Waals surface area contributed by atoms with Gasteiger partial charge < -0.3 is 5.32 Å². The monoisotopic (exact) mass is 274 g/mol. The molecule has 1 aliphatic heterocycles. The van der Waals surface area contributed by atoms with E-state index in [9.17, 15) is 8.42 Å². The smallest absolute Gasteiger partial charge is 0.252 e. The number of thiophene rings is 1. The topological polar surface area (TPSA) is 49.4 Å². The molecule has 1 aliphatic rings. The molecule has 0 aromatic carbocycles. The van der Waals surface area contributed by atoms with Gasteiger partial charge in [0, 0.05) is 13.1 Å². The molecule has 1 N–H and O–H groups in total. The number of hydrogen-bond donors (Lipinski definition) is 1. The summed E-state index contributed by atoms with van der Waals surface area (Å²) in [4.78, 5) is 0. The van der Waals surface area contributed by atoms with Gasteiger partial charge in [0.1, 0.15) is 4.21 Å². The molecule has 0 radical (unpaired) electrons. The van der Waals surface area contributed by atoms with Crippen molar-refractivity contribution in [3.63, 3.8) is 0 Å². The maximum absolute atomic E-state index is 12.3. The zero-order chi connectivity index (χ0) is 12.3. The number of hydrogen-bond acceptors (Lipinski definition) is 4. The fraction of sp³-hybridized carbons (Fsp3) is 0.636. The normalized spacial score (nSPS) is 22.8. The Morgan fingerprint density at radius 2 is 2.41 bits per heavy atom. The van der Waals surface area contributed by atoms with Crippen LogP contribution in [0.2, 0.25) is 0 Å². The van der Waals surface area contributed by atoms with Gasteiger partial charge in [0.25, 0.3) is 10.0 Å². The largest absolute Gasteiger partial charge is 0.319 e. The van der Waals surface area contributed by atoms with Crippen LogP contribution >= 0.6 is 11.3 Å². The Morgan fingerprint density at radius 3 is 3.06 bits per heavy atom. The number of rotatable bonds is 4. The lowest BCUT2D eigenvalue weighted by atomic mass is 10.00. The summed E-state index contributed by atoms with van der Waals surface area (Å²) in [6.45, 7) is 2.18. The lowest BCUT2D eigenvalue weighted by molar-refractivity contribution is 0.264. The van der Waals surface area contributed by atoms with Gasteiger partial charge in [0.2, 0.25) is 0 Å². The molecule has 2 rings (SSSR count). The number of nitrogens with one attached hydrogen (secondary N) is 1. The molecule has 0 amide bonds. The minimum absolute atomic E-state index is 0.434. The fourth-order valence-electron chi connectivity index (χ4n) is 2.24. The average Bonchev–Trinajstić information content (AvgIpc) is 2.84. The SMILES string of the molecule is CNCC1CCCN(S(=O)(=O)c2cccs2)C1. The van der Waals surface area contributed by atoms with Gasteiger partial charge >= 0.3 is 0 Å². The summed E-state index contributed by atoms with van der Waals surface area (Å²) in [5.41, 5.74) is 0. The van der Waals surface area contributed by atoms with Gasteiger partial charge in [-0.2, -0.15) is 4.31 Å². The first-order valence-electron chi connectivity index (χ1n) is 5.83. The Labute approximate surface area is 107 Å². The minimum atomic E-state index is -3.25. The second-order valence-electron chi connectivity index (χ2n) is 4.36. The van der Waals surface area contributed by atoms with Crippen LogP contribution in [0.5, 0.6) is 0 Å². The van der Waals surface area contributed by atoms with E-state index in [1.165, 1.54) is 11.3 Å². The molecule has 2 heterocycles. The van der Waals surface area contributed by atoms with Crippen molar-refractivity contribution in [2.45, 2.75) is 17.1 Å². The molecule has 4 nitrogen and oxygen atoms in total. The van der Waals surface area contributed by atoms with Gasteiger partial charge in [-0.1, -0.05) is 6.07 Å². The molecule has 1 fully saturated rings. The highest BCUT2D eigenvalue weighted by molar-refractivity contribution is 7.91. The van der Waals surface area contributed by atoms with Crippen molar-refractivity contribution in [3.05, 3.63) is 17.5 Å². The first kappa shape index (κ1) is 13.0. The maximum Gasteiger partial charge on any atom is 0.252 e. The lowest BCUT2D eigenvalue weighted by Crippen LogP contribution is -2.42. The van der Waals surface area contributed by atoms with E-state index < -0.39 is 10.0 Å². The Bertz CT molecular complexity index is 440. The van der Waals surface area contributed by atoms with E-state index in [1.54, 1.807) is 16.4 Å². The van der Waals surface area contributed by atoms with Crippen molar-refractivity contribution in [3.8, 4) is 0 Å². The molecule has 17 heavy (non-hydrogen) atoms. The molecule has 1 aromatic rings. The average molecular weight is 274 g/mol. The zero-order valence-corrected chi connectivity index (χ0v) is 11.6. The third kappa shape index (κ3) is 2.88. The van der Waals surface area contributed by atoms with Crippen LogP contribution in [0.25, 0.3) is 0 Å². The van der Waals surface area contributed by atoms with Gasteiger partial charge in [-0.15, -0.1) is 11.3 Å². The van der Waals surface area contributed by atoms with Gasteiger partial charge in [-0.3, -0.25) is 0 Å². The third-order valence-corrected chi connectivity index (χ3v) is 6.30. The number of sulfonamides is 1. The van der Waals surface area contributed by atoms with Crippen LogP contribution in [-0.4, -0.2) is 39.4 Å². The molecule has 1 atom stereocenters. The summed E-state index contributed by atoms with van der Waals surface area (Å²) in [6.07, 6.45) is 2.06. The highest BCUT2D eigenvalue weighted by Gasteiger charge is 2.30. The standard InChI is InChI=1S/C11H18N2O2S2/c1-12-8-10-4-2-6-13(9-10)17(14,15)11-5-3-7-16-11/h3,5,7,10,12H,2,4,6,8-9H2,1H3. The lowest BCUT2D eigenvalue weighted by Gasteiger charge is -2.31. The summed E-state index contributed by atoms with van der Waals surface area (Å²) >= 11 is 1.29. The second kappa shape index (κ2) is 5.48. The highest BCUT2D eigenvalue weighted by Crippen LogP contribution is 2.25. The predicted octanol–water partition coefficient (Wildman–Crippen LogP) is 1.37. The molecule has 0 bridgehead atoms. The molecular formula is C11H18N2O2S2. The molecule has 6 heteroatoms. The van der Waals surface area contributed by atoms with E-state index in [0.29, 0.717) is 23.2 Å². The quantitative estimate of drug-likeness (QED) is 0.902. The van der Waals surface area contributed by atoms with Crippen LogP contribution in [0.15, 0.2) is 21.7 Å². The molecule has 1 saturated heterocycles. The summed E-state index contributed by atoms with van der Waals surface area (Å²) < 4.78 is 26.7. The molecule has 1 unspecified atom stereocenters. The van der Waals surface area contributed by atoms with E-state index in [4.69, 9.17) is 0 Å². The first-order chi connectivity index (χ1) is 8.14. The van der Waals surface area contributed by atoms with Gasteiger partial charge in [-0.05, 0) is 43.8 Å². The fourth-order valence-corrected chi connectivity index (χ4v) is 4.94. The molecule has 1 aromatic heterocycles.